The molecule has 0 saturated carbocycles. The van der Waals surface area contributed by atoms with Gasteiger partial charge in [0.2, 0.25) is 0 Å². The van der Waals surface area contributed by atoms with Crippen LogP contribution in [-0.4, -0.2) is 25.5 Å². The molecule has 98 valence electrons. The van der Waals surface area contributed by atoms with Gasteiger partial charge in [-0.25, -0.2) is 0 Å². The van der Waals surface area contributed by atoms with Crippen LogP contribution in [0, 0.1) is 0 Å². The van der Waals surface area contributed by atoms with Crippen LogP contribution in [0.2, 0.25) is 0 Å². The average molecular weight is 273 g/mol. The predicted octanol–water partition coefficient (Wildman–Crippen LogP) is 0.0814. The van der Waals surface area contributed by atoms with Crippen molar-refractivity contribution in [2.24, 2.45) is 0 Å². The van der Waals surface area contributed by atoms with Gasteiger partial charge in [0.15, 0.2) is 0 Å². The zero-order valence-electron chi connectivity index (χ0n) is 8.36. The van der Waals surface area contributed by atoms with Crippen LogP contribution in [0.15, 0.2) is 12.2 Å². The number of aliphatic carboxylic acids is 1. The minimum Gasteiger partial charge on any atom is -0.547 e. The molecule has 0 bridgehead atoms. The Bertz CT molecular complexity index is 439. The number of halogens is 3. The van der Waals surface area contributed by atoms with Gasteiger partial charge in [0.1, 0.15) is 5.60 Å². The van der Waals surface area contributed by atoms with Crippen LogP contribution in [0.3, 0.4) is 0 Å². The summed E-state index contributed by atoms with van der Waals surface area (Å²) in [6, 6.07) is 0. The summed E-state index contributed by atoms with van der Waals surface area (Å²) in [6.45, 7) is 0. The second-order valence-corrected chi connectivity index (χ2v) is 5.02. The van der Waals surface area contributed by atoms with Gasteiger partial charge < -0.3 is 9.90 Å². The Labute approximate surface area is 95.0 Å². The highest BCUT2D eigenvalue weighted by Gasteiger charge is 2.52. The van der Waals surface area contributed by atoms with Crippen LogP contribution in [0.25, 0.3) is 0 Å². The Morgan fingerprint density at radius 3 is 2.29 bits per heavy atom. The quantitative estimate of drug-likeness (QED) is 0.413. The lowest BCUT2D eigenvalue weighted by Crippen LogP contribution is -2.53. The van der Waals surface area contributed by atoms with E-state index in [2.05, 4.69) is 4.18 Å². The number of rotatable bonds is 3. The van der Waals surface area contributed by atoms with E-state index in [1.807, 2.05) is 0 Å². The van der Waals surface area contributed by atoms with Crippen molar-refractivity contribution in [1.82, 2.24) is 0 Å². The van der Waals surface area contributed by atoms with Crippen LogP contribution < -0.4 is 5.11 Å². The van der Waals surface area contributed by atoms with E-state index < -0.39 is 33.6 Å². The number of alkyl halides is 3. The third kappa shape index (κ3) is 2.78. The second-order valence-electron chi connectivity index (χ2n) is 3.48. The highest BCUT2D eigenvalue weighted by Crippen LogP contribution is 2.34. The molecule has 0 aromatic carbocycles. The SMILES string of the molecule is O=C([O-])C1(OS(=O)(=O)C(F)(F)F)CC=CCC1. The predicted molar refractivity (Wildman–Crippen MR) is 46.8 cm³/mol. The van der Waals surface area contributed by atoms with Crippen molar-refractivity contribution >= 4 is 16.1 Å². The fraction of sp³-hybridized carbons (Fsp3) is 0.625. The highest BCUT2D eigenvalue weighted by atomic mass is 32.2. The van der Waals surface area contributed by atoms with Crippen molar-refractivity contribution in [3.63, 3.8) is 0 Å². The molecule has 0 heterocycles. The zero-order chi connectivity index (χ0) is 13.3. The van der Waals surface area contributed by atoms with Gasteiger partial charge in [0.05, 0.1) is 5.97 Å². The van der Waals surface area contributed by atoms with Gasteiger partial charge in [0.25, 0.3) is 0 Å². The maximum Gasteiger partial charge on any atom is 0.523 e. The third-order valence-corrected chi connectivity index (χ3v) is 3.36. The molecule has 0 aliphatic heterocycles. The number of allylic oxidation sites excluding steroid dienone is 1. The van der Waals surface area contributed by atoms with Crippen LogP contribution in [-0.2, 0) is 19.1 Å². The first-order valence-electron chi connectivity index (χ1n) is 4.49. The average Bonchev–Trinajstić information content (AvgIpc) is 2.16. The largest absolute Gasteiger partial charge is 0.547 e. The van der Waals surface area contributed by atoms with Crippen molar-refractivity contribution < 1.29 is 35.7 Å². The van der Waals surface area contributed by atoms with Crippen molar-refractivity contribution in [3.8, 4) is 0 Å². The summed E-state index contributed by atoms with van der Waals surface area (Å²) in [7, 11) is -5.96. The van der Waals surface area contributed by atoms with Gasteiger partial charge in [0, 0.05) is 6.42 Å². The number of carboxylic acid groups (broad SMARTS) is 1. The summed E-state index contributed by atoms with van der Waals surface area (Å²) in [5.74, 6) is -1.98. The first-order chi connectivity index (χ1) is 7.61. The minimum atomic E-state index is -5.96. The molecule has 5 nitrogen and oxygen atoms in total. The highest BCUT2D eigenvalue weighted by molar-refractivity contribution is 7.87. The third-order valence-electron chi connectivity index (χ3n) is 2.25. The Balaban J connectivity index is 3.05. The first kappa shape index (κ1) is 14.0. The molecule has 0 radical (unpaired) electrons. The molecule has 0 spiro atoms. The molecule has 0 aromatic heterocycles. The van der Waals surface area contributed by atoms with E-state index in [0.717, 1.165) is 0 Å². The standard InChI is InChI=1S/C8H9F3O5S/c9-8(10,11)17(14,15)16-7(6(12)13)4-2-1-3-5-7/h1-2H,3-5H2,(H,12,13)/p-1. The number of hydrogen-bond acceptors (Lipinski definition) is 5. The summed E-state index contributed by atoms with van der Waals surface area (Å²) in [6.07, 6.45) is 1.99. The molecule has 1 aliphatic rings. The van der Waals surface area contributed by atoms with E-state index in [1.165, 1.54) is 12.2 Å². The molecule has 1 unspecified atom stereocenters. The summed E-state index contributed by atoms with van der Waals surface area (Å²) in [4.78, 5) is 10.8. The number of carbonyl (C=O) groups is 1. The molecule has 0 N–H and O–H groups in total. The number of carbonyl (C=O) groups excluding carboxylic acids is 1. The van der Waals surface area contributed by atoms with Crippen LogP contribution in [0.1, 0.15) is 19.3 Å². The van der Waals surface area contributed by atoms with Crippen molar-refractivity contribution in [2.75, 3.05) is 0 Å². The Morgan fingerprint density at radius 2 is 1.94 bits per heavy atom. The van der Waals surface area contributed by atoms with Crippen LogP contribution in [0.5, 0.6) is 0 Å². The summed E-state index contributed by atoms with van der Waals surface area (Å²) >= 11 is 0. The van der Waals surface area contributed by atoms with Crippen molar-refractivity contribution in [3.05, 3.63) is 12.2 Å². The molecule has 1 atom stereocenters. The van der Waals surface area contributed by atoms with Gasteiger partial charge in [-0.05, 0) is 12.8 Å². The Morgan fingerprint density at radius 1 is 1.35 bits per heavy atom. The zero-order valence-corrected chi connectivity index (χ0v) is 9.18. The van der Waals surface area contributed by atoms with Gasteiger partial charge in [-0.1, -0.05) is 12.2 Å². The Hall–Kier alpha value is -1.09. The molecule has 9 heteroatoms. The molecule has 0 fully saturated rings. The van der Waals surface area contributed by atoms with E-state index >= 15 is 0 Å². The molecule has 0 aromatic rings. The fourth-order valence-corrected chi connectivity index (χ4v) is 2.10. The maximum absolute atomic E-state index is 12.1. The van der Waals surface area contributed by atoms with Gasteiger partial charge in [-0.2, -0.15) is 21.6 Å². The second kappa shape index (κ2) is 4.30. The van der Waals surface area contributed by atoms with Crippen molar-refractivity contribution in [1.29, 1.82) is 0 Å². The fourth-order valence-electron chi connectivity index (χ4n) is 1.36. The molecular weight excluding hydrogens is 265 g/mol. The Kier molecular flexibility index (Phi) is 3.53. The molecular formula is C8H8F3O5S-. The molecule has 1 aliphatic carbocycles. The lowest BCUT2D eigenvalue weighted by molar-refractivity contribution is -0.323. The van der Waals surface area contributed by atoms with E-state index in [0.29, 0.717) is 0 Å². The molecule has 0 amide bonds. The first-order valence-corrected chi connectivity index (χ1v) is 5.90. The lowest BCUT2D eigenvalue weighted by atomic mass is 9.90. The van der Waals surface area contributed by atoms with E-state index in [4.69, 9.17) is 0 Å². The van der Waals surface area contributed by atoms with E-state index in [9.17, 15) is 31.5 Å². The van der Waals surface area contributed by atoms with E-state index in [1.54, 1.807) is 0 Å². The smallest absolute Gasteiger partial charge is 0.523 e. The van der Waals surface area contributed by atoms with E-state index in [-0.39, 0.29) is 12.8 Å². The normalized spacial score (nSPS) is 25.8. The topological polar surface area (TPSA) is 83.5 Å². The monoisotopic (exact) mass is 273 g/mol. The summed E-state index contributed by atoms with van der Waals surface area (Å²) in [5.41, 5.74) is -8.13. The minimum absolute atomic E-state index is 0.0986. The molecule has 17 heavy (non-hydrogen) atoms. The summed E-state index contributed by atoms with van der Waals surface area (Å²) in [5, 5.41) is 10.8. The van der Waals surface area contributed by atoms with Crippen LogP contribution >= 0.6 is 0 Å². The van der Waals surface area contributed by atoms with Gasteiger partial charge >= 0.3 is 15.6 Å². The summed E-state index contributed by atoms with van der Waals surface area (Å²) < 4.78 is 61.6. The van der Waals surface area contributed by atoms with Gasteiger partial charge in [-0.15, -0.1) is 0 Å². The number of hydrogen-bond donors (Lipinski definition) is 0. The maximum atomic E-state index is 12.1. The molecule has 0 saturated heterocycles. The molecule has 1 rings (SSSR count). The van der Waals surface area contributed by atoms with Crippen molar-refractivity contribution in [2.45, 2.75) is 30.4 Å². The lowest BCUT2D eigenvalue weighted by Gasteiger charge is -2.34. The van der Waals surface area contributed by atoms with Crippen LogP contribution in [0.4, 0.5) is 13.2 Å². The number of carboxylic acids is 1. The van der Waals surface area contributed by atoms with Gasteiger partial charge in [-0.3, -0.25) is 4.18 Å².